The Hall–Kier alpha value is -0.860. The topological polar surface area (TPSA) is 29.3 Å². The van der Waals surface area contributed by atoms with Crippen LogP contribution in [-0.4, -0.2) is 18.0 Å². The Bertz CT molecular complexity index is 322. The van der Waals surface area contributed by atoms with E-state index in [9.17, 15) is 0 Å². The van der Waals surface area contributed by atoms with Crippen molar-refractivity contribution in [3.05, 3.63) is 35.4 Å². The summed E-state index contributed by atoms with van der Waals surface area (Å²) in [4.78, 5) is 2.41. The fourth-order valence-corrected chi connectivity index (χ4v) is 1.97. The molecular weight excluding hydrogens is 196 g/mol. The van der Waals surface area contributed by atoms with Crippen LogP contribution >= 0.6 is 0 Å². The molecule has 2 nitrogen and oxygen atoms in total. The monoisotopic (exact) mass is 220 g/mol. The van der Waals surface area contributed by atoms with E-state index in [0.29, 0.717) is 0 Å². The number of nitrogens with two attached hydrogens (primary N) is 1. The fourth-order valence-electron chi connectivity index (χ4n) is 1.97. The molecular formula is C14H24N2. The first-order valence-corrected chi connectivity index (χ1v) is 6.08. The van der Waals surface area contributed by atoms with Crippen LogP contribution in [0.1, 0.15) is 38.8 Å². The molecule has 0 aliphatic rings. The van der Waals surface area contributed by atoms with Crippen molar-refractivity contribution in [1.82, 2.24) is 4.90 Å². The van der Waals surface area contributed by atoms with Crippen molar-refractivity contribution < 1.29 is 0 Å². The molecule has 2 N–H and O–H groups in total. The minimum absolute atomic E-state index is 0.260. The van der Waals surface area contributed by atoms with Crippen molar-refractivity contribution in [2.75, 3.05) is 13.1 Å². The summed E-state index contributed by atoms with van der Waals surface area (Å²) in [5.41, 5.74) is 8.54. The first-order valence-electron chi connectivity index (χ1n) is 6.08. The third kappa shape index (κ3) is 3.32. The maximum atomic E-state index is 6.20. The second-order valence-electron chi connectivity index (χ2n) is 4.84. The van der Waals surface area contributed by atoms with Crippen molar-refractivity contribution in [3.8, 4) is 0 Å². The van der Waals surface area contributed by atoms with Crippen molar-refractivity contribution in [3.63, 3.8) is 0 Å². The Kier molecular flexibility index (Phi) is 4.51. The van der Waals surface area contributed by atoms with E-state index in [2.05, 4.69) is 56.9 Å². The van der Waals surface area contributed by atoms with E-state index in [1.807, 2.05) is 0 Å². The van der Waals surface area contributed by atoms with Crippen molar-refractivity contribution >= 4 is 0 Å². The second-order valence-corrected chi connectivity index (χ2v) is 4.84. The molecule has 0 amide bonds. The molecule has 0 spiro atoms. The van der Waals surface area contributed by atoms with Crippen LogP contribution < -0.4 is 5.73 Å². The molecule has 0 heterocycles. The van der Waals surface area contributed by atoms with Crippen LogP contribution in [0.15, 0.2) is 24.3 Å². The predicted molar refractivity (Wildman–Crippen MR) is 70.3 cm³/mol. The number of nitrogens with zero attached hydrogens (tertiary/aromatic N) is 1. The summed E-state index contributed by atoms with van der Waals surface area (Å²) in [5, 5.41) is 0. The van der Waals surface area contributed by atoms with E-state index >= 15 is 0 Å². The number of hydrogen-bond acceptors (Lipinski definition) is 2. The van der Waals surface area contributed by atoms with Gasteiger partial charge in [-0.15, -0.1) is 0 Å². The maximum Gasteiger partial charge on any atom is 0.0355 e. The van der Waals surface area contributed by atoms with E-state index in [1.54, 1.807) is 0 Å². The highest BCUT2D eigenvalue weighted by Gasteiger charge is 2.18. The van der Waals surface area contributed by atoms with Gasteiger partial charge in [-0.3, -0.25) is 4.90 Å². The second kappa shape index (κ2) is 5.46. The normalized spacial score (nSPS) is 12.1. The molecule has 2 heteroatoms. The molecule has 0 aliphatic carbocycles. The van der Waals surface area contributed by atoms with Gasteiger partial charge >= 0.3 is 0 Å². The quantitative estimate of drug-likeness (QED) is 0.826. The van der Waals surface area contributed by atoms with Gasteiger partial charge in [0.1, 0.15) is 0 Å². The average molecular weight is 220 g/mol. The van der Waals surface area contributed by atoms with E-state index in [-0.39, 0.29) is 5.54 Å². The molecule has 1 rings (SSSR count). The van der Waals surface area contributed by atoms with Crippen LogP contribution in [0.25, 0.3) is 0 Å². The van der Waals surface area contributed by atoms with E-state index < -0.39 is 0 Å². The Morgan fingerprint density at radius 2 is 1.69 bits per heavy atom. The smallest absolute Gasteiger partial charge is 0.0355 e. The maximum absolute atomic E-state index is 6.20. The molecule has 90 valence electrons. The zero-order valence-electron chi connectivity index (χ0n) is 11.0. The molecule has 0 unspecified atom stereocenters. The Balaban J connectivity index is 2.95. The molecule has 0 saturated heterocycles. The molecule has 0 atom stereocenters. The Morgan fingerprint density at radius 1 is 1.12 bits per heavy atom. The molecule has 0 fully saturated rings. The third-order valence-corrected chi connectivity index (χ3v) is 3.00. The first-order chi connectivity index (χ1) is 7.49. The highest BCUT2D eigenvalue weighted by Crippen LogP contribution is 2.22. The first kappa shape index (κ1) is 13.2. The highest BCUT2D eigenvalue weighted by atomic mass is 15.1. The number of benzene rings is 1. The summed E-state index contributed by atoms with van der Waals surface area (Å²) in [6, 6.07) is 8.48. The van der Waals surface area contributed by atoms with Gasteiger partial charge in [-0.1, -0.05) is 38.1 Å². The summed E-state index contributed by atoms with van der Waals surface area (Å²) in [5.74, 6) is 0. The van der Waals surface area contributed by atoms with Crippen molar-refractivity contribution in [2.24, 2.45) is 5.73 Å². The molecule has 0 bridgehead atoms. The van der Waals surface area contributed by atoms with Gasteiger partial charge in [0.05, 0.1) is 0 Å². The third-order valence-electron chi connectivity index (χ3n) is 3.00. The molecule has 0 radical (unpaired) electrons. The largest absolute Gasteiger partial charge is 0.322 e. The summed E-state index contributed by atoms with van der Waals surface area (Å²) in [6.45, 7) is 11.7. The minimum atomic E-state index is -0.260. The van der Waals surface area contributed by atoms with Crippen LogP contribution in [-0.2, 0) is 12.1 Å². The van der Waals surface area contributed by atoms with E-state index in [4.69, 9.17) is 5.73 Å². The number of hydrogen-bond donors (Lipinski definition) is 1. The summed E-state index contributed by atoms with van der Waals surface area (Å²) in [7, 11) is 0. The molecule has 1 aromatic rings. The van der Waals surface area contributed by atoms with Crippen molar-refractivity contribution in [1.29, 1.82) is 0 Å². The average Bonchev–Trinajstić information content (AvgIpc) is 2.25. The lowest BCUT2D eigenvalue weighted by molar-refractivity contribution is 0.293. The van der Waals surface area contributed by atoms with Gasteiger partial charge in [0.2, 0.25) is 0 Å². The minimum Gasteiger partial charge on any atom is -0.322 e. The van der Waals surface area contributed by atoms with Crippen LogP contribution in [0.5, 0.6) is 0 Å². The van der Waals surface area contributed by atoms with Crippen LogP contribution in [0.3, 0.4) is 0 Å². The Labute approximate surface area is 99.5 Å². The summed E-state index contributed by atoms with van der Waals surface area (Å²) >= 11 is 0. The highest BCUT2D eigenvalue weighted by molar-refractivity contribution is 5.32. The molecule has 16 heavy (non-hydrogen) atoms. The molecule has 1 aromatic carbocycles. The summed E-state index contributed by atoms with van der Waals surface area (Å²) < 4.78 is 0. The SMILES string of the molecule is CCN(CC)Cc1ccccc1C(C)(C)N. The van der Waals surface area contributed by atoms with Crippen molar-refractivity contribution in [2.45, 2.75) is 39.8 Å². The van der Waals surface area contributed by atoms with Crippen LogP contribution in [0.4, 0.5) is 0 Å². The number of rotatable bonds is 5. The van der Waals surface area contributed by atoms with Gasteiger partial charge in [-0.05, 0) is 38.1 Å². The molecule has 0 saturated carbocycles. The van der Waals surface area contributed by atoms with Gasteiger partial charge in [0, 0.05) is 12.1 Å². The predicted octanol–water partition coefficient (Wildman–Crippen LogP) is 2.72. The lowest BCUT2D eigenvalue weighted by atomic mass is 9.91. The zero-order valence-corrected chi connectivity index (χ0v) is 11.0. The zero-order chi connectivity index (χ0) is 12.2. The van der Waals surface area contributed by atoms with Gasteiger partial charge < -0.3 is 5.73 Å². The van der Waals surface area contributed by atoms with Gasteiger partial charge in [-0.25, -0.2) is 0 Å². The van der Waals surface area contributed by atoms with Gasteiger partial charge in [-0.2, -0.15) is 0 Å². The fraction of sp³-hybridized carbons (Fsp3) is 0.571. The Morgan fingerprint density at radius 3 is 2.19 bits per heavy atom. The molecule has 0 aliphatic heterocycles. The van der Waals surface area contributed by atoms with E-state index in [0.717, 1.165) is 19.6 Å². The van der Waals surface area contributed by atoms with E-state index in [1.165, 1.54) is 11.1 Å². The van der Waals surface area contributed by atoms with Crippen LogP contribution in [0, 0.1) is 0 Å². The lowest BCUT2D eigenvalue weighted by Gasteiger charge is -2.26. The van der Waals surface area contributed by atoms with Gasteiger partial charge in [0.15, 0.2) is 0 Å². The van der Waals surface area contributed by atoms with Crippen LogP contribution in [0.2, 0.25) is 0 Å². The summed E-state index contributed by atoms with van der Waals surface area (Å²) in [6.07, 6.45) is 0. The standard InChI is InChI=1S/C14H24N2/c1-5-16(6-2)11-12-9-7-8-10-13(12)14(3,4)15/h7-10H,5-6,11,15H2,1-4H3. The molecule has 0 aromatic heterocycles. The van der Waals surface area contributed by atoms with Gasteiger partial charge in [0.25, 0.3) is 0 Å². The lowest BCUT2D eigenvalue weighted by Crippen LogP contribution is -2.32.